The van der Waals surface area contributed by atoms with Crippen LogP contribution in [0.3, 0.4) is 0 Å². The zero-order chi connectivity index (χ0) is 36.9. The molecule has 1 aliphatic carbocycles. The van der Waals surface area contributed by atoms with Crippen LogP contribution in [0, 0.1) is 0 Å². The highest BCUT2D eigenvalue weighted by Gasteiger charge is 2.50. The molecule has 2 aliphatic rings. The first-order valence-electron chi connectivity index (χ1n) is 17.5. The topological polar surface area (TPSA) is 197 Å². The lowest BCUT2D eigenvalue weighted by Crippen LogP contribution is -2.43. The highest BCUT2D eigenvalue weighted by atomic mass is 31.2. The molecule has 3 heterocycles. The first-order valence-corrected chi connectivity index (χ1v) is 19.1. The van der Waals surface area contributed by atoms with Crippen LogP contribution in [-0.4, -0.2) is 109 Å². The molecule has 0 bridgehead atoms. The van der Waals surface area contributed by atoms with Gasteiger partial charge in [-0.15, -0.1) is 0 Å². The number of hydrogen-bond acceptors (Lipinski definition) is 14. The third kappa shape index (κ3) is 9.58. The second kappa shape index (κ2) is 16.6. The van der Waals surface area contributed by atoms with Gasteiger partial charge in [0.15, 0.2) is 28.8 Å². The second-order valence-electron chi connectivity index (χ2n) is 14.4. The summed E-state index contributed by atoms with van der Waals surface area (Å²) in [6.45, 7) is 12.6. The van der Waals surface area contributed by atoms with E-state index in [0.717, 1.165) is 25.7 Å². The van der Waals surface area contributed by atoms with E-state index in [-0.39, 0.29) is 38.9 Å². The smallest absolute Gasteiger partial charge is 0.416 e. The fourth-order valence-corrected chi connectivity index (χ4v) is 7.91. The molecule has 3 N–H and O–H groups in total. The Labute approximate surface area is 294 Å². The standard InChI is InChI=1S/C33H56N5O11P/c1-9-45-50(43,46-10-2)33(8,21-40)44-20-23-18-25(48-32(6,7)42)29(47-23)38-28-24(19-34-38)27(35-26(36-28)16-13-17-39)37(22-14-11-12-15-22)30(41)49-31(3,4)5/h19,22-23,25,29,39-40,42H,9-18,20-21H2,1-8H3/t23-,25?,29+,33?/m0/s1. The molecule has 1 saturated carbocycles. The molecule has 1 aliphatic heterocycles. The summed E-state index contributed by atoms with van der Waals surface area (Å²) in [5.41, 5.74) is -0.381. The molecule has 4 rings (SSSR count). The van der Waals surface area contributed by atoms with Crippen LogP contribution in [0.1, 0.15) is 106 Å². The van der Waals surface area contributed by atoms with Crippen molar-refractivity contribution in [3.05, 3.63) is 12.0 Å². The Bertz CT molecular complexity index is 1460. The second-order valence-corrected chi connectivity index (χ2v) is 16.8. The van der Waals surface area contributed by atoms with Crippen molar-refractivity contribution >= 4 is 30.5 Å². The Morgan fingerprint density at radius 2 is 1.74 bits per heavy atom. The SMILES string of the molecule is CCOP(=O)(OCC)C(C)(CO)OC[C@@H]1CC(OC(C)(C)O)[C@H](n2ncc3c(N(C(=O)OC(C)(C)C)C4CCCC4)nc(CCCO)nc32)O1. The Kier molecular flexibility index (Phi) is 13.4. The molecule has 0 radical (unpaired) electrons. The van der Waals surface area contributed by atoms with Crippen molar-refractivity contribution in [1.82, 2.24) is 19.7 Å². The molecule has 284 valence electrons. The van der Waals surface area contributed by atoms with Crippen molar-refractivity contribution in [2.45, 2.75) is 142 Å². The molecule has 1 amide bonds. The van der Waals surface area contributed by atoms with Crippen molar-refractivity contribution in [2.24, 2.45) is 0 Å². The molecule has 2 unspecified atom stereocenters. The molecule has 17 heteroatoms. The predicted octanol–water partition coefficient (Wildman–Crippen LogP) is 4.83. The number of hydrogen-bond donors (Lipinski definition) is 3. The summed E-state index contributed by atoms with van der Waals surface area (Å²) in [4.78, 5) is 25.1. The maximum absolute atomic E-state index is 13.8. The van der Waals surface area contributed by atoms with Crippen molar-refractivity contribution in [3.63, 3.8) is 0 Å². The number of fused-ring (bicyclic) bond motifs is 1. The van der Waals surface area contributed by atoms with Crippen molar-refractivity contribution < 1.29 is 52.7 Å². The highest BCUT2D eigenvalue weighted by Crippen LogP contribution is 2.60. The average molecular weight is 730 g/mol. The zero-order valence-electron chi connectivity index (χ0n) is 30.7. The number of anilines is 1. The van der Waals surface area contributed by atoms with Crippen molar-refractivity contribution in [1.29, 1.82) is 0 Å². The van der Waals surface area contributed by atoms with E-state index < -0.39 is 55.5 Å². The molecule has 2 aromatic heterocycles. The summed E-state index contributed by atoms with van der Waals surface area (Å²) >= 11 is 0. The summed E-state index contributed by atoms with van der Waals surface area (Å²) in [5.74, 6) is -0.796. The summed E-state index contributed by atoms with van der Waals surface area (Å²) in [6.07, 6.45) is 3.16. The van der Waals surface area contributed by atoms with Crippen LogP contribution in [0.4, 0.5) is 10.6 Å². The van der Waals surface area contributed by atoms with Gasteiger partial charge in [-0.1, -0.05) is 12.8 Å². The number of aryl methyl sites for hydroxylation is 1. The fourth-order valence-electron chi connectivity index (χ4n) is 6.20. The predicted molar refractivity (Wildman–Crippen MR) is 184 cm³/mol. The molecule has 1 saturated heterocycles. The number of amides is 1. The number of carbonyl (C=O) groups excluding carboxylic acids is 1. The van der Waals surface area contributed by atoms with E-state index in [2.05, 4.69) is 5.10 Å². The Morgan fingerprint density at radius 1 is 1.08 bits per heavy atom. The van der Waals surface area contributed by atoms with Gasteiger partial charge in [0.05, 0.1) is 44.1 Å². The molecule has 50 heavy (non-hydrogen) atoms. The monoisotopic (exact) mass is 729 g/mol. The van der Waals surface area contributed by atoms with Gasteiger partial charge in [0.2, 0.25) is 0 Å². The minimum absolute atomic E-state index is 0.0738. The van der Waals surface area contributed by atoms with Gasteiger partial charge in [-0.05, 0) is 74.7 Å². The van der Waals surface area contributed by atoms with Crippen molar-refractivity contribution in [2.75, 3.05) is 37.9 Å². The van der Waals surface area contributed by atoms with Crippen LogP contribution in [0.5, 0.6) is 0 Å². The Balaban J connectivity index is 1.75. The van der Waals surface area contributed by atoms with Crippen LogP contribution in [0.15, 0.2) is 6.20 Å². The number of rotatable bonds is 17. The van der Waals surface area contributed by atoms with Crippen LogP contribution in [0.25, 0.3) is 11.0 Å². The van der Waals surface area contributed by atoms with Gasteiger partial charge in [0.25, 0.3) is 0 Å². The number of nitrogens with zero attached hydrogens (tertiary/aromatic N) is 5. The lowest BCUT2D eigenvalue weighted by molar-refractivity contribution is -0.223. The number of ether oxygens (including phenoxy) is 4. The number of aliphatic hydroxyl groups excluding tert-OH is 2. The van der Waals surface area contributed by atoms with E-state index in [1.807, 2.05) is 20.8 Å². The lowest BCUT2D eigenvalue weighted by Gasteiger charge is -2.34. The maximum atomic E-state index is 13.8. The normalized spacial score (nSPS) is 21.9. The summed E-state index contributed by atoms with van der Waals surface area (Å²) in [7, 11) is -3.90. The van der Waals surface area contributed by atoms with E-state index in [4.69, 9.17) is 38.0 Å². The zero-order valence-corrected chi connectivity index (χ0v) is 31.6. The van der Waals surface area contributed by atoms with E-state index in [0.29, 0.717) is 35.5 Å². The average Bonchev–Trinajstić information content (AvgIpc) is 3.78. The Hall–Kier alpha value is -2.27. The van der Waals surface area contributed by atoms with Gasteiger partial charge in [0, 0.05) is 25.5 Å². The van der Waals surface area contributed by atoms with Crippen molar-refractivity contribution in [3.8, 4) is 0 Å². The number of carbonyl (C=O) groups is 1. The molecule has 0 spiro atoms. The molecule has 0 aromatic carbocycles. The summed E-state index contributed by atoms with van der Waals surface area (Å²) in [5, 5.41) is 34.1. The van der Waals surface area contributed by atoms with E-state index in [1.54, 1.807) is 24.9 Å². The van der Waals surface area contributed by atoms with Crippen LogP contribution in [0.2, 0.25) is 0 Å². The third-order valence-electron chi connectivity index (χ3n) is 8.42. The van der Waals surface area contributed by atoms with E-state index >= 15 is 0 Å². The molecular formula is C33H56N5O11P. The highest BCUT2D eigenvalue weighted by molar-refractivity contribution is 7.55. The molecular weight excluding hydrogens is 673 g/mol. The van der Waals surface area contributed by atoms with Gasteiger partial charge >= 0.3 is 13.7 Å². The molecule has 2 aromatic rings. The summed E-state index contributed by atoms with van der Waals surface area (Å²) < 4.78 is 50.6. The minimum atomic E-state index is -3.90. The molecule has 2 fully saturated rings. The van der Waals surface area contributed by atoms with Crippen LogP contribution < -0.4 is 4.90 Å². The maximum Gasteiger partial charge on any atom is 0.416 e. The largest absolute Gasteiger partial charge is 0.443 e. The number of aromatic nitrogens is 4. The quantitative estimate of drug-likeness (QED) is 0.148. The van der Waals surface area contributed by atoms with Gasteiger partial charge in [0.1, 0.15) is 17.5 Å². The summed E-state index contributed by atoms with van der Waals surface area (Å²) in [6, 6.07) is -0.141. The minimum Gasteiger partial charge on any atom is -0.443 e. The third-order valence-corrected chi connectivity index (χ3v) is 11.0. The van der Waals surface area contributed by atoms with E-state index in [9.17, 15) is 24.7 Å². The molecule has 4 atom stereocenters. The first-order chi connectivity index (χ1) is 23.5. The number of aliphatic hydroxyl groups is 3. The lowest BCUT2D eigenvalue weighted by atomic mass is 10.2. The first kappa shape index (κ1) is 40.5. The van der Waals surface area contributed by atoms with E-state index in [1.165, 1.54) is 25.5 Å². The van der Waals surface area contributed by atoms with Gasteiger partial charge < -0.3 is 43.3 Å². The van der Waals surface area contributed by atoms with Gasteiger partial charge in [-0.25, -0.2) is 19.4 Å². The molecule has 16 nitrogen and oxygen atoms in total. The van der Waals surface area contributed by atoms with Crippen LogP contribution >= 0.6 is 7.60 Å². The van der Waals surface area contributed by atoms with Crippen LogP contribution in [-0.2, 0) is 39.0 Å². The van der Waals surface area contributed by atoms with Gasteiger partial charge in [-0.2, -0.15) is 5.10 Å². The van der Waals surface area contributed by atoms with Gasteiger partial charge in [-0.3, -0.25) is 9.46 Å². The Morgan fingerprint density at radius 3 is 2.30 bits per heavy atom. The fraction of sp³-hybridized carbons (Fsp3) is 0.818.